The molecule has 0 bridgehead atoms. The summed E-state index contributed by atoms with van der Waals surface area (Å²) in [5.41, 5.74) is 0.626. The molecule has 1 aromatic rings. The van der Waals surface area contributed by atoms with E-state index in [9.17, 15) is 14.0 Å². The van der Waals surface area contributed by atoms with Crippen molar-refractivity contribution >= 4 is 15.6 Å². The predicted molar refractivity (Wildman–Crippen MR) is 64.1 cm³/mol. The Labute approximate surface area is 104 Å². The van der Waals surface area contributed by atoms with Crippen molar-refractivity contribution in [1.82, 2.24) is 0 Å². The van der Waals surface area contributed by atoms with Gasteiger partial charge in [-0.1, -0.05) is 32.0 Å². The Hall–Kier alpha value is -0.680. The molecule has 0 heterocycles. The maximum absolute atomic E-state index is 11.4. The maximum Gasteiger partial charge on any atom is 0.536 e. The summed E-state index contributed by atoms with van der Waals surface area (Å²) in [7, 11) is -9.97. The second kappa shape index (κ2) is 5.53. The Morgan fingerprint density at radius 2 is 1.67 bits per heavy atom. The maximum atomic E-state index is 11.4. The van der Waals surface area contributed by atoms with Crippen molar-refractivity contribution in [1.29, 1.82) is 0 Å². The van der Waals surface area contributed by atoms with E-state index in [1.54, 1.807) is 18.2 Å². The van der Waals surface area contributed by atoms with Gasteiger partial charge in [0.05, 0.1) is 0 Å². The smallest absolute Gasteiger partial charge is 0.404 e. The van der Waals surface area contributed by atoms with Gasteiger partial charge in [-0.2, -0.15) is 4.31 Å². The fourth-order valence-electron chi connectivity index (χ4n) is 1.32. The van der Waals surface area contributed by atoms with Crippen LogP contribution < -0.4 is 4.52 Å². The van der Waals surface area contributed by atoms with Gasteiger partial charge in [0, 0.05) is 0 Å². The van der Waals surface area contributed by atoms with Crippen LogP contribution in [-0.4, -0.2) is 14.7 Å². The van der Waals surface area contributed by atoms with Gasteiger partial charge in [0.25, 0.3) is 0 Å². The van der Waals surface area contributed by atoms with Crippen LogP contribution in [0.25, 0.3) is 0 Å². The molecule has 1 aromatic carbocycles. The lowest BCUT2D eigenvalue weighted by Gasteiger charge is -2.17. The molecule has 0 radical (unpaired) electrons. The summed E-state index contributed by atoms with van der Waals surface area (Å²) in [5, 5.41) is 0. The topological polar surface area (TPSA) is 113 Å². The highest BCUT2D eigenvalue weighted by Crippen LogP contribution is 2.57. The minimum atomic E-state index is -5.10. The van der Waals surface area contributed by atoms with Crippen molar-refractivity contribution in [2.75, 3.05) is 0 Å². The molecule has 102 valence electrons. The van der Waals surface area contributed by atoms with Crippen LogP contribution in [0, 0.1) is 0 Å². The van der Waals surface area contributed by atoms with Crippen molar-refractivity contribution in [2.45, 2.75) is 19.8 Å². The van der Waals surface area contributed by atoms with E-state index in [2.05, 4.69) is 8.83 Å². The molecule has 0 fully saturated rings. The lowest BCUT2D eigenvalue weighted by atomic mass is 10.0. The highest BCUT2D eigenvalue weighted by Gasteiger charge is 2.34. The van der Waals surface area contributed by atoms with Crippen LogP contribution in [0.5, 0.6) is 5.75 Å². The third kappa shape index (κ3) is 4.90. The van der Waals surface area contributed by atoms with E-state index in [0.29, 0.717) is 5.56 Å². The first-order chi connectivity index (χ1) is 8.11. The molecule has 1 atom stereocenters. The average Bonchev–Trinajstić information content (AvgIpc) is 2.13. The van der Waals surface area contributed by atoms with Crippen molar-refractivity contribution in [3.63, 3.8) is 0 Å². The average molecular weight is 296 g/mol. The van der Waals surface area contributed by atoms with E-state index < -0.39 is 15.6 Å². The third-order valence-electron chi connectivity index (χ3n) is 1.96. The largest absolute Gasteiger partial charge is 0.536 e. The van der Waals surface area contributed by atoms with E-state index in [1.165, 1.54) is 6.07 Å². The van der Waals surface area contributed by atoms with Crippen molar-refractivity contribution in [3.8, 4) is 5.75 Å². The van der Waals surface area contributed by atoms with Crippen LogP contribution in [0.15, 0.2) is 24.3 Å². The molecule has 1 rings (SSSR count). The lowest BCUT2D eigenvalue weighted by Crippen LogP contribution is -1.99. The Morgan fingerprint density at radius 1 is 1.11 bits per heavy atom. The van der Waals surface area contributed by atoms with E-state index in [4.69, 9.17) is 9.79 Å². The Morgan fingerprint density at radius 3 is 2.17 bits per heavy atom. The Kier molecular flexibility index (Phi) is 4.72. The van der Waals surface area contributed by atoms with Gasteiger partial charge in [-0.3, -0.25) is 4.89 Å². The van der Waals surface area contributed by atoms with Gasteiger partial charge in [-0.05, 0) is 17.5 Å². The van der Waals surface area contributed by atoms with Gasteiger partial charge in [0.2, 0.25) is 0 Å². The zero-order valence-corrected chi connectivity index (χ0v) is 11.5. The molecular formula is C9H14O7P2. The molecular weight excluding hydrogens is 282 g/mol. The van der Waals surface area contributed by atoms with Crippen molar-refractivity contribution < 1.29 is 32.6 Å². The van der Waals surface area contributed by atoms with Gasteiger partial charge in [0.15, 0.2) is 0 Å². The number of hydrogen-bond acceptors (Lipinski definition) is 4. The lowest BCUT2D eigenvalue weighted by molar-refractivity contribution is 0.229. The quantitative estimate of drug-likeness (QED) is 0.715. The van der Waals surface area contributed by atoms with Gasteiger partial charge < -0.3 is 14.3 Å². The van der Waals surface area contributed by atoms with E-state index in [1.807, 2.05) is 13.8 Å². The highest BCUT2D eigenvalue weighted by molar-refractivity contribution is 7.60. The predicted octanol–water partition coefficient (Wildman–Crippen LogP) is 2.40. The summed E-state index contributed by atoms with van der Waals surface area (Å²) in [5.74, 6) is 0.0584. The fourth-order valence-corrected chi connectivity index (χ4v) is 2.94. The minimum Gasteiger partial charge on any atom is -0.404 e. The van der Waals surface area contributed by atoms with Gasteiger partial charge >= 0.3 is 15.6 Å². The summed E-state index contributed by atoms with van der Waals surface area (Å²) in [6.45, 7) is 3.68. The summed E-state index contributed by atoms with van der Waals surface area (Å²) in [6.07, 6.45) is 0. The normalized spacial score (nSPS) is 15.4. The molecule has 0 saturated heterocycles. The molecule has 0 aromatic heterocycles. The summed E-state index contributed by atoms with van der Waals surface area (Å²) in [4.78, 5) is 26.2. The fraction of sp³-hybridized carbons (Fsp3) is 0.333. The highest BCUT2D eigenvalue weighted by atomic mass is 31.3. The zero-order valence-electron chi connectivity index (χ0n) is 9.76. The van der Waals surface area contributed by atoms with Crippen LogP contribution in [0.1, 0.15) is 25.3 Å². The molecule has 3 N–H and O–H groups in total. The summed E-state index contributed by atoms with van der Waals surface area (Å²) < 4.78 is 30.3. The van der Waals surface area contributed by atoms with E-state index >= 15 is 0 Å². The number of benzene rings is 1. The monoisotopic (exact) mass is 296 g/mol. The molecule has 1 unspecified atom stereocenters. The second-order valence-electron chi connectivity index (χ2n) is 3.82. The first-order valence-corrected chi connectivity index (χ1v) is 8.01. The van der Waals surface area contributed by atoms with E-state index in [0.717, 1.165) is 0 Å². The van der Waals surface area contributed by atoms with Crippen LogP contribution in [-0.2, 0) is 13.4 Å². The molecule has 18 heavy (non-hydrogen) atoms. The molecule has 0 spiro atoms. The van der Waals surface area contributed by atoms with Gasteiger partial charge in [-0.15, -0.1) is 0 Å². The number of phosphoric ester groups is 1. The van der Waals surface area contributed by atoms with Gasteiger partial charge in [-0.25, -0.2) is 9.13 Å². The summed E-state index contributed by atoms with van der Waals surface area (Å²) in [6, 6.07) is 6.38. The van der Waals surface area contributed by atoms with Crippen LogP contribution in [0.3, 0.4) is 0 Å². The molecule has 0 amide bonds. The summed E-state index contributed by atoms with van der Waals surface area (Å²) >= 11 is 0. The second-order valence-corrected chi connectivity index (χ2v) is 6.58. The number of hydrogen-bond donors (Lipinski definition) is 3. The molecule has 0 aliphatic carbocycles. The number of rotatable bonds is 5. The Bertz CT molecular complexity index is 507. The molecule has 0 saturated carbocycles. The molecule has 7 nitrogen and oxygen atoms in total. The standard InChI is InChI=1S/C9H14O7P2/c1-7(2)8-5-3-4-6-9(8)15-18(13,14)16-17(10,11)12/h3-7H,1-2H3,(H,13,14)(H2,10,11,12). The van der Waals surface area contributed by atoms with Gasteiger partial charge in [0.1, 0.15) is 5.75 Å². The third-order valence-corrected chi connectivity index (χ3v) is 4.07. The Balaban J connectivity index is 2.98. The molecule has 0 aliphatic rings. The van der Waals surface area contributed by atoms with Crippen LogP contribution >= 0.6 is 15.6 Å². The molecule has 9 heteroatoms. The number of phosphoric acid groups is 2. The minimum absolute atomic E-state index is 0.0104. The zero-order chi connectivity index (χ0) is 14.0. The van der Waals surface area contributed by atoms with Crippen LogP contribution in [0.4, 0.5) is 0 Å². The first-order valence-electron chi connectivity index (χ1n) is 4.99. The van der Waals surface area contributed by atoms with Crippen LogP contribution in [0.2, 0.25) is 0 Å². The van der Waals surface area contributed by atoms with Crippen molar-refractivity contribution in [3.05, 3.63) is 29.8 Å². The van der Waals surface area contributed by atoms with E-state index in [-0.39, 0.29) is 11.7 Å². The first kappa shape index (κ1) is 15.4. The van der Waals surface area contributed by atoms with Crippen molar-refractivity contribution in [2.24, 2.45) is 0 Å². The number of para-hydroxylation sites is 1. The SMILES string of the molecule is CC(C)c1ccccc1OP(=O)(O)OP(=O)(O)O. The molecule has 0 aliphatic heterocycles.